The maximum absolute atomic E-state index is 13.6. The smallest absolute Gasteiger partial charge is 0.344 e. The van der Waals surface area contributed by atoms with Crippen LogP contribution in [0.4, 0.5) is 0 Å². The SMILES string of the molecule is CC(C)OC(=O)C(C)NP(=O)(COS(C)(=O)=O)Oc1c(C(C)C)cccc1C(C)C. The minimum atomic E-state index is -3.98. The summed E-state index contributed by atoms with van der Waals surface area (Å²) in [7, 11) is -7.86. The number of rotatable bonds is 11. The van der Waals surface area contributed by atoms with Crippen LogP contribution in [-0.4, -0.2) is 39.1 Å². The second kappa shape index (κ2) is 10.8. The summed E-state index contributed by atoms with van der Waals surface area (Å²) in [5, 5.41) is 2.62. The van der Waals surface area contributed by atoms with E-state index in [0.29, 0.717) is 5.75 Å². The van der Waals surface area contributed by atoms with E-state index in [0.717, 1.165) is 17.4 Å². The number of hydrogen-bond donors (Lipinski definition) is 1. The van der Waals surface area contributed by atoms with Crippen molar-refractivity contribution in [3.63, 3.8) is 0 Å². The molecule has 0 heterocycles. The molecule has 30 heavy (non-hydrogen) atoms. The second-order valence-electron chi connectivity index (χ2n) is 8.13. The van der Waals surface area contributed by atoms with E-state index in [4.69, 9.17) is 13.4 Å². The average molecular weight is 464 g/mol. The van der Waals surface area contributed by atoms with E-state index in [1.165, 1.54) is 6.92 Å². The van der Waals surface area contributed by atoms with Crippen LogP contribution in [0.25, 0.3) is 0 Å². The van der Waals surface area contributed by atoms with Crippen LogP contribution in [-0.2, 0) is 28.4 Å². The first-order valence-electron chi connectivity index (χ1n) is 9.89. The fraction of sp³-hybridized carbons (Fsp3) is 0.650. The molecule has 10 heteroatoms. The van der Waals surface area contributed by atoms with E-state index >= 15 is 0 Å². The average Bonchev–Trinajstić information content (AvgIpc) is 2.58. The number of nitrogens with one attached hydrogen (secondary N) is 1. The van der Waals surface area contributed by atoms with Gasteiger partial charge in [0.05, 0.1) is 12.4 Å². The van der Waals surface area contributed by atoms with E-state index < -0.39 is 36.0 Å². The zero-order chi connectivity index (χ0) is 23.3. The molecular formula is C20H34NO7PS. The maximum Gasteiger partial charge on any atom is 0.344 e. The number of hydrogen-bond acceptors (Lipinski definition) is 7. The molecule has 8 nitrogen and oxygen atoms in total. The minimum Gasteiger partial charge on any atom is -0.462 e. The van der Waals surface area contributed by atoms with Crippen LogP contribution in [0.5, 0.6) is 5.75 Å². The van der Waals surface area contributed by atoms with Gasteiger partial charge in [-0.15, -0.1) is 0 Å². The number of para-hydroxylation sites is 1. The molecule has 0 aliphatic rings. The quantitative estimate of drug-likeness (QED) is 0.293. The van der Waals surface area contributed by atoms with Gasteiger partial charge >= 0.3 is 13.5 Å². The fourth-order valence-corrected chi connectivity index (χ4v) is 5.38. The van der Waals surface area contributed by atoms with Crippen molar-refractivity contribution in [1.82, 2.24) is 5.09 Å². The molecule has 0 fully saturated rings. The van der Waals surface area contributed by atoms with Gasteiger partial charge in [0.2, 0.25) is 0 Å². The van der Waals surface area contributed by atoms with Gasteiger partial charge in [-0.3, -0.25) is 13.5 Å². The molecule has 0 aliphatic heterocycles. The summed E-state index contributed by atoms with van der Waals surface area (Å²) < 4.78 is 52.6. The van der Waals surface area contributed by atoms with Crippen LogP contribution < -0.4 is 9.61 Å². The van der Waals surface area contributed by atoms with Crippen molar-refractivity contribution < 1.29 is 31.2 Å². The van der Waals surface area contributed by atoms with E-state index in [9.17, 15) is 17.8 Å². The molecule has 1 aromatic carbocycles. The van der Waals surface area contributed by atoms with E-state index in [1.807, 2.05) is 45.9 Å². The van der Waals surface area contributed by atoms with Crippen LogP contribution in [0.1, 0.15) is 71.4 Å². The van der Waals surface area contributed by atoms with E-state index in [2.05, 4.69) is 5.09 Å². The molecule has 1 N–H and O–H groups in total. The van der Waals surface area contributed by atoms with Gasteiger partial charge in [0, 0.05) is 0 Å². The second-order valence-corrected chi connectivity index (χ2v) is 11.8. The summed E-state index contributed by atoms with van der Waals surface area (Å²) in [5.41, 5.74) is 1.64. The summed E-state index contributed by atoms with van der Waals surface area (Å²) in [6.07, 6.45) is -0.256. The van der Waals surface area contributed by atoms with Gasteiger partial charge in [-0.1, -0.05) is 45.9 Å². The number of benzene rings is 1. The number of esters is 1. The Bertz CT molecular complexity index is 855. The summed E-state index contributed by atoms with van der Waals surface area (Å²) in [5.74, 6) is -0.105. The molecule has 0 aromatic heterocycles. The Morgan fingerprint density at radius 2 is 1.53 bits per heavy atom. The van der Waals surface area contributed by atoms with Gasteiger partial charge in [-0.25, -0.2) is 5.09 Å². The Balaban J connectivity index is 3.37. The highest BCUT2D eigenvalue weighted by Gasteiger charge is 2.34. The zero-order valence-electron chi connectivity index (χ0n) is 19.0. The lowest BCUT2D eigenvalue weighted by Crippen LogP contribution is -2.37. The van der Waals surface area contributed by atoms with Gasteiger partial charge in [0.25, 0.3) is 10.1 Å². The molecule has 2 atom stereocenters. The molecule has 0 saturated carbocycles. The molecule has 0 amide bonds. The van der Waals surface area contributed by atoms with Crippen LogP contribution in [0.15, 0.2) is 18.2 Å². The van der Waals surface area contributed by atoms with Gasteiger partial charge in [-0.2, -0.15) is 8.42 Å². The predicted molar refractivity (Wildman–Crippen MR) is 117 cm³/mol. The molecule has 0 radical (unpaired) electrons. The summed E-state index contributed by atoms with van der Waals surface area (Å²) in [6.45, 7) is 12.8. The number of carbonyl (C=O) groups is 1. The van der Waals surface area contributed by atoms with Crippen molar-refractivity contribution in [3.8, 4) is 5.75 Å². The molecule has 0 spiro atoms. The topological polar surface area (TPSA) is 108 Å². The highest BCUT2D eigenvalue weighted by atomic mass is 32.2. The Morgan fingerprint density at radius 1 is 1.03 bits per heavy atom. The Morgan fingerprint density at radius 3 is 1.93 bits per heavy atom. The van der Waals surface area contributed by atoms with Crippen molar-refractivity contribution in [2.75, 3.05) is 12.6 Å². The van der Waals surface area contributed by atoms with Gasteiger partial charge in [0.1, 0.15) is 11.8 Å². The Hall–Kier alpha value is -1.41. The third-order valence-electron chi connectivity index (χ3n) is 4.09. The third kappa shape index (κ3) is 8.38. The van der Waals surface area contributed by atoms with Crippen molar-refractivity contribution in [3.05, 3.63) is 29.3 Å². The first kappa shape index (κ1) is 26.6. The predicted octanol–water partition coefficient (Wildman–Crippen LogP) is 4.37. The Labute approximate surface area is 180 Å². The third-order valence-corrected chi connectivity index (χ3v) is 6.54. The molecule has 1 rings (SSSR count). The summed E-state index contributed by atoms with van der Waals surface area (Å²) in [4.78, 5) is 12.2. The molecule has 172 valence electrons. The fourth-order valence-electron chi connectivity index (χ4n) is 2.67. The van der Waals surface area contributed by atoms with Crippen LogP contribution in [0.3, 0.4) is 0 Å². The first-order valence-corrected chi connectivity index (χ1v) is 13.5. The lowest BCUT2D eigenvalue weighted by atomic mass is 9.94. The normalized spacial score (nSPS) is 15.3. The number of ether oxygens (including phenoxy) is 1. The van der Waals surface area contributed by atoms with Crippen LogP contribution in [0, 0.1) is 0 Å². The van der Waals surface area contributed by atoms with Crippen molar-refractivity contribution >= 4 is 23.6 Å². The molecule has 1 aromatic rings. The zero-order valence-corrected chi connectivity index (χ0v) is 20.7. The highest BCUT2D eigenvalue weighted by molar-refractivity contribution is 7.86. The largest absolute Gasteiger partial charge is 0.462 e. The Kier molecular flexibility index (Phi) is 9.54. The van der Waals surface area contributed by atoms with Crippen molar-refractivity contribution in [2.24, 2.45) is 0 Å². The van der Waals surface area contributed by atoms with E-state index in [1.54, 1.807) is 13.8 Å². The number of carbonyl (C=O) groups excluding carboxylic acids is 1. The molecular weight excluding hydrogens is 429 g/mol. The lowest BCUT2D eigenvalue weighted by molar-refractivity contribution is -0.149. The summed E-state index contributed by atoms with van der Waals surface area (Å²) in [6, 6.07) is 4.62. The summed E-state index contributed by atoms with van der Waals surface area (Å²) >= 11 is 0. The van der Waals surface area contributed by atoms with Crippen LogP contribution in [0.2, 0.25) is 0 Å². The monoisotopic (exact) mass is 463 g/mol. The van der Waals surface area contributed by atoms with Gasteiger partial charge < -0.3 is 9.26 Å². The van der Waals surface area contributed by atoms with Gasteiger partial charge in [0.15, 0.2) is 6.35 Å². The maximum atomic E-state index is 13.6. The standard InChI is InChI=1S/C20H34NO7PS/c1-13(2)17-10-9-11-18(14(3)4)19(17)28-29(23,12-26-30(8,24)25)21-16(7)20(22)27-15(5)6/h9-11,13-16H,12H2,1-8H3,(H,21,23). The highest BCUT2D eigenvalue weighted by Crippen LogP contribution is 2.48. The lowest BCUT2D eigenvalue weighted by Gasteiger charge is -2.27. The molecule has 0 bridgehead atoms. The van der Waals surface area contributed by atoms with Crippen molar-refractivity contribution in [1.29, 1.82) is 0 Å². The van der Waals surface area contributed by atoms with E-state index in [-0.39, 0.29) is 17.9 Å². The molecule has 2 unspecified atom stereocenters. The first-order chi connectivity index (χ1) is 13.6. The van der Waals surface area contributed by atoms with Gasteiger partial charge in [-0.05, 0) is 43.7 Å². The minimum absolute atomic E-state index is 0.0614. The molecule has 0 aliphatic carbocycles. The van der Waals surface area contributed by atoms with Crippen LogP contribution >= 0.6 is 7.52 Å². The molecule has 0 saturated heterocycles. The van der Waals surface area contributed by atoms with Crippen molar-refractivity contribution in [2.45, 2.75) is 72.4 Å².